The molecule has 0 aromatic rings. The van der Waals surface area contributed by atoms with Gasteiger partial charge in [0.2, 0.25) is 0 Å². The van der Waals surface area contributed by atoms with Gasteiger partial charge >= 0.3 is 15.6 Å². The van der Waals surface area contributed by atoms with Gasteiger partial charge in [0.25, 0.3) is 0 Å². The second kappa shape index (κ2) is 7.01. The van der Waals surface area contributed by atoms with E-state index in [0.717, 1.165) is 19.1 Å². The maximum absolute atomic E-state index is 10.9. The molecule has 9 heteroatoms. The smallest absolute Gasteiger partial charge is 0.412 e. The van der Waals surface area contributed by atoms with Crippen molar-refractivity contribution in [3.05, 3.63) is 24.5 Å². The first-order chi connectivity index (χ1) is 7.27. The van der Waals surface area contributed by atoms with Crippen molar-refractivity contribution in [3.8, 4) is 0 Å². The summed E-state index contributed by atoms with van der Waals surface area (Å²) in [6.45, 7) is 1.99. The van der Waals surface area contributed by atoms with Gasteiger partial charge in [-0.3, -0.25) is 4.89 Å². The molecule has 0 spiro atoms. The summed E-state index contributed by atoms with van der Waals surface area (Å²) in [6.07, 6.45) is 7.31. The van der Waals surface area contributed by atoms with Gasteiger partial charge in [-0.15, -0.1) is 0 Å². The first-order valence-electron chi connectivity index (χ1n) is 4.36. The lowest BCUT2D eigenvalue weighted by Crippen LogP contribution is -1.88. The van der Waals surface area contributed by atoms with Crippen LogP contribution in [0.3, 0.4) is 0 Å². The molecule has 0 saturated heterocycles. The van der Waals surface area contributed by atoms with Crippen LogP contribution in [-0.2, 0) is 18.0 Å². The standard InChI is InChI=1S/C7H14O7P2/c1-2-3-4-5-6-7-13-16(11,12)14-15(8,9)10/h4-7H,2-3H2,1H3,(H,11,12)(H2,8,9,10). The Kier molecular flexibility index (Phi) is 6.83. The average molecular weight is 272 g/mol. The quantitative estimate of drug-likeness (QED) is 0.369. The summed E-state index contributed by atoms with van der Waals surface area (Å²) in [7, 11) is -9.80. The number of hydrogen-bond acceptors (Lipinski definition) is 4. The molecule has 7 nitrogen and oxygen atoms in total. The second-order valence-electron chi connectivity index (χ2n) is 2.69. The molecule has 0 rings (SSSR count). The van der Waals surface area contributed by atoms with Gasteiger partial charge in [0, 0.05) is 0 Å². The third kappa shape index (κ3) is 10.1. The van der Waals surface area contributed by atoms with E-state index in [-0.39, 0.29) is 0 Å². The Hall–Kier alpha value is -0.420. The summed E-state index contributed by atoms with van der Waals surface area (Å²) in [6, 6.07) is 0. The lowest BCUT2D eigenvalue weighted by Gasteiger charge is -2.09. The molecular formula is C7H14O7P2. The van der Waals surface area contributed by atoms with Gasteiger partial charge in [0.15, 0.2) is 0 Å². The minimum Gasteiger partial charge on any atom is -0.412 e. The maximum Gasteiger partial charge on any atom is 0.535 e. The predicted octanol–water partition coefficient (Wildman–Crippen LogP) is 2.08. The van der Waals surface area contributed by atoms with Crippen LogP contribution in [0.1, 0.15) is 19.8 Å². The summed E-state index contributed by atoms with van der Waals surface area (Å²) in [5.41, 5.74) is 0. The van der Waals surface area contributed by atoms with Gasteiger partial charge in [-0.25, -0.2) is 9.13 Å². The Labute approximate surface area is 93.3 Å². The zero-order chi connectivity index (χ0) is 12.7. The van der Waals surface area contributed by atoms with Crippen LogP contribution in [0, 0.1) is 0 Å². The Bertz CT molecular complexity index is 343. The first-order valence-corrected chi connectivity index (χ1v) is 7.39. The van der Waals surface area contributed by atoms with Crippen LogP contribution in [0.15, 0.2) is 24.5 Å². The topological polar surface area (TPSA) is 113 Å². The fraction of sp³-hybridized carbons (Fsp3) is 0.429. The molecule has 0 aromatic heterocycles. The number of allylic oxidation sites excluding steroid dienone is 3. The molecule has 0 amide bonds. The van der Waals surface area contributed by atoms with Crippen LogP contribution in [-0.4, -0.2) is 14.7 Å². The van der Waals surface area contributed by atoms with E-state index >= 15 is 0 Å². The molecule has 0 saturated carbocycles. The Morgan fingerprint density at radius 3 is 2.31 bits per heavy atom. The van der Waals surface area contributed by atoms with Crippen molar-refractivity contribution < 1.29 is 32.6 Å². The van der Waals surface area contributed by atoms with Crippen LogP contribution < -0.4 is 0 Å². The molecule has 16 heavy (non-hydrogen) atoms. The minimum absolute atomic E-state index is 0.822. The number of hydrogen-bond donors (Lipinski definition) is 3. The van der Waals surface area contributed by atoms with Crippen molar-refractivity contribution in [2.75, 3.05) is 0 Å². The van der Waals surface area contributed by atoms with Crippen LogP contribution in [0.5, 0.6) is 0 Å². The first kappa shape index (κ1) is 15.6. The zero-order valence-electron chi connectivity index (χ0n) is 8.59. The second-order valence-corrected chi connectivity index (χ2v) is 5.47. The lowest BCUT2D eigenvalue weighted by molar-refractivity contribution is 0.217. The van der Waals surface area contributed by atoms with Crippen molar-refractivity contribution in [1.29, 1.82) is 0 Å². The molecule has 94 valence electrons. The van der Waals surface area contributed by atoms with E-state index < -0.39 is 15.6 Å². The summed E-state index contributed by atoms with van der Waals surface area (Å²) >= 11 is 0. The van der Waals surface area contributed by atoms with Gasteiger partial charge in [-0.1, -0.05) is 25.5 Å². The molecular weight excluding hydrogens is 258 g/mol. The zero-order valence-corrected chi connectivity index (χ0v) is 10.4. The fourth-order valence-electron chi connectivity index (χ4n) is 0.653. The predicted molar refractivity (Wildman–Crippen MR) is 57.2 cm³/mol. The number of rotatable bonds is 7. The van der Waals surface area contributed by atoms with Gasteiger partial charge in [0.05, 0.1) is 6.26 Å². The molecule has 0 bridgehead atoms. The fourth-order valence-corrected chi connectivity index (χ4v) is 2.11. The number of phosphoric ester groups is 1. The van der Waals surface area contributed by atoms with Crippen molar-refractivity contribution in [1.82, 2.24) is 0 Å². The molecule has 0 aliphatic rings. The number of phosphoric acid groups is 2. The maximum atomic E-state index is 10.9. The van der Waals surface area contributed by atoms with E-state index in [9.17, 15) is 9.13 Å². The van der Waals surface area contributed by atoms with Crippen LogP contribution in [0.25, 0.3) is 0 Å². The van der Waals surface area contributed by atoms with Crippen molar-refractivity contribution in [2.45, 2.75) is 19.8 Å². The summed E-state index contributed by atoms with van der Waals surface area (Å²) in [5, 5.41) is 0. The monoisotopic (exact) mass is 272 g/mol. The Morgan fingerprint density at radius 2 is 1.81 bits per heavy atom. The Balaban J connectivity index is 4.09. The number of unbranched alkanes of at least 4 members (excludes halogenated alkanes) is 1. The molecule has 0 aliphatic carbocycles. The third-order valence-electron chi connectivity index (χ3n) is 1.18. The SMILES string of the molecule is CCCC=CC=COP(=O)(O)OP(=O)(O)O. The highest BCUT2D eigenvalue weighted by Crippen LogP contribution is 2.57. The van der Waals surface area contributed by atoms with E-state index in [2.05, 4.69) is 8.83 Å². The highest BCUT2D eigenvalue weighted by atomic mass is 31.3. The highest BCUT2D eigenvalue weighted by Gasteiger charge is 2.32. The van der Waals surface area contributed by atoms with Gasteiger partial charge in [-0.05, 0) is 12.5 Å². The van der Waals surface area contributed by atoms with Crippen LogP contribution >= 0.6 is 15.6 Å². The van der Waals surface area contributed by atoms with Crippen molar-refractivity contribution >= 4 is 15.6 Å². The normalized spacial score (nSPS) is 16.8. The molecule has 1 unspecified atom stereocenters. The third-order valence-corrected chi connectivity index (χ3v) is 3.25. The van der Waals surface area contributed by atoms with Gasteiger partial charge < -0.3 is 14.3 Å². The van der Waals surface area contributed by atoms with E-state index in [4.69, 9.17) is 14.7 Å². The molecule has 0 aliphatic heterocycles. The van der Waals surface area contributed by atoms with E-state index in [1.54, 1.807) is 12.2 Å². The molecule has 0 aromatic carbocycles. The molecule has 0 radical (unpaired) electrons. The molecule has 3 N–H and O–H groups in total. The molecule has 0 fully saturated rings. The van der Waals surface area contributed by atoms with Crippen LogP contribution in [0.2, 0.25) is 0 Å². The van der Waals surface area contributed by atoms with Crippen molar-refractivity contribution in [2.24, 2.45) is 0 Å². The Morgan fingerprint density at radius 1 is 1.19 bits per heavy atom. The average Bonchev–Trinajstić information content (AvgIpc) is 2.06. The largest absolute Gasteiger partial charge is 0.535 e. The molecule has 0 heterocycles. The van der Waals surface area contributed by atoms with Crippen LogP contribution in [0.4, 0.5) is 0 Å². The van der Waals surface area contributed by atoms with Gasteiger partial charge in [0.1, 0.15) is 0 Å². The minimum atomic E-state index is -5.04. The van der Waals surface area contributed by atoms with E-state index in [1.165, 1.54) is 6.08 Å². The van der Waals surface area contributed by atoms with Gasteiger partial charge in [-0.2, -0.15) is 4.31 Å². The summed E-state index contributed by atoms with van der Waals surface area (Å²) < 4.78 is 28.8. The highest BCUT2D eigenvalue weighted by molar-refractivity contribution is 7.60. The summed E-state index contributed by atoms with van der Waals surface area (Å²) in [4.78, 5) is 25.3. The van der Waals surface area contributed by atoms with E-state index in [0.29, 0.717) is 0 Å². The summed E-state index contributed by atoms with van der Waals surface area (Å²) in [5.74, 6) is 0. The molecule has 1 atom stereocenters. The lowest BCUT2D eigenvalue weighted by atomic mass is 10.3. The van der Waals surface area contributed by atoms with E-state index in [1.807, 2.05) is 6.92 Å². The van der Waals surface area contributed by atoms with Crippen molar-refractivity contribution in [3.63, 3.8) is 0 Å².